The molecule has 3 rings (SSSR count). The maximum atomic E-state index is 11.9. The van der Waals surface area contributed by atoms with E-state index in [4.69, 9.17) is 11.3 Å². The average Bonchev–Trinajstić information content (AvgIpc) is 3.06. The standard InChI is InChI=1S/C17H23NO2/c1-5-17(20-16(19)10(2)3)8-13-11-6-12(14(13)9-17)15(7-11)18-4/h11-15H,2,5-9H2,1,3H3. The minimum Gasteiger partial charge on any atom is -0.456 e. The predicted octanol–water partition coefficient (Wildman–Crippen LogP) is 3.61. The summed E-state index contributed by atoms with van der Waals surface area (Å²) in [5.74, 6) is 2.28. The van der Waals surface area contributed by atoms with E-state index in [2.05, 4.69) is 18.3 Å². The Hall–Kier alpha value is -1.30. The van der Waals surface area contributed by atoms with Crippen LogP contribution in [0.4, 0.5) is 0 Å². The molecule has 0 aromatic carbocycles. The molecule has 6 unspecified atom stereocenters. The zero-order chi connectivity index (χ0) is 14.5. The third-order valence-electron chi connectivity index (χ3n) is 6.00. The Morgan fingerprint density at radius 3 is 2.65 bits per heavy atom. The second-order valence-corrected chi connectivity index (χ2v) is 7.03. The molecule has 3 heteroatoms. The average molecular weight is 273 g/mol. The second kappa shape index (κ2) is 4.62. The molecule has 3 nitrogen and oxygen atoms in total. The smallest absolute Gasteiger partial charge is 0.333 e. The molecule has 0 aromatic heterocycles. The van der Waals surface area contributed by atoms with E-state index in [-0.39, 0.29) is 17.6 Å². The fraction of sp³-hybridized carbons (Fsp3) is 0.765. The van der Waals surface area contributed by atoms with Gasteiger partial charge in [-0.15, -0.1) is 0 Å². The molecule has 3 fully saturated rings. The van der Waals surface area contributed by atoms with Crippen LogP contribution in [0.3, 0.4) is 0 Å². The van der Waals surface area contributed by atoms with Crippen molar-refractivity contribution in [2.45, 2.75) is 57.6 Å². The summed E-state index contributed by atoms with van der Waals surface area (Å²) < 4.78 is 5.82. The fourth-order valence-electron chi connectivity index (χ4n) is 5.00. The number of esters is 1. The Kier molecular flexibility index (Phi) is 3.16. The number of hydrogen-bond donors (Lipinski definition) is 0. The summed E-state index contributed by atoms with van der Waals surface area (Å²) in [6.07, 6.45) is 5.14. The minimum absolute atomic E-state index is 0.228. The summed E-state index contributed by atoms with van der Waals surface area (Å²) in [4.78, 5) is 15.7. The number of nitrogens with zero attached hydrogens (tertiary/aromatic N) is 1. The Balaban J connectivity index is 1.77. The van der Waals surface area contributed by atoms with Gasteiger partial charge in [0.25, 0.3) is 0 Å². The van der Waals surface area contributed by atoms with Crippen molar-refractivity contribution >= 4 is 5.97 Å². The first-order valence-electron chi connectivity index (χ1n) is 7.75. The highest BCUT2D eigenvalue weighted by Crippen LogP contribution is 2.63. The summed E-state index contributed by atoms with van der Waals surface area (Å²) in [6, 6.07) is 0.228. The summed E-state index contributed by atoms with van der Waals surface area (Å²) in [5.41, 5.74) is 0.191. The molecule has 108 valence electrons. The van der Waals surface area contributed by atoms with Gasteiger partial charge in [-0.05, 0) is 50.4 Å². The lowest BCUT2D eigenvalue weighted by molar-refractivity contribution is -0.155. The van der Waals surface area contributed by atoms with E-state index in [1.54, 1.807) is 6.92 Å². The molecule has 0 radical (unpaired) electrons. The number of ether oxygens (including phenoxy) is 1. The first-order chi connectivity index (χ1) is 9.49. The van der Waals surface area contributed by atoms with Gasteiger partial charge in [-0.1, -0.05) is 13.5 Å². The number of rotatable bonds is 3. The predicted molar refractivity (Wildman–Crippen MR) is 76.7 cm³/mol. The van der Waals surface area contributed by atoms with Gasteiger partial charge in [-0.2, -0.15) is 0 Å². The maximum Gasteiger partial charge on any atom is 0.333 e. The van der Waals surface area contributed by atoms with Crippen LogP contribution in [0, 0.1) is 30.2 Å². The van der Waals surface area contributed by atoms with Gasteiger partial charge in [0, 0.05) is 17.9 Å². The van der Waals surface area contributed by atoms with Gasteiger partial charge in [0.15, 0.2) is 0 Å². The normalized spacial score (nSPS) is 45.0. The number of carbonyl (C=O) groups is 1. The lowest BCUT2D eigenvalue weighted by atomic mass is 9.79. The first kappa shape index (κ1) is 13.7. The van der Waals surface area contributed by atoms with Gasteiger partial charge in [0.1, 0.15) is 5.60 Å². The number of hydrogen-bond acceptors (Lipinski definition) is 2. The monoisotopic (exact) mass is 273 g/mol. The van der Waals surface area contributed by atoms with E-state index < -0.39 is 0 Å². The number of carbonyl (C=O) groups excluding carboxylic acids is 1. The van der Waals surface area contributed by atoms with E-state index in [1.165, 1.54) is 6.42 Å². The van der Waals surface area contributed by atoms with Crippen LogP contribution in [0.1, 0.15) is 46.0 Å². The van der Waals surface area contributed by atoms with Crippen LogP contribution >= 0.6 is 0 Å². The summed E-state index contributed by atoms with van der Waals surface area (Å²) >= 11 is 0. The van der Waals surface area contributed by atoms with Crippen molar-refractivity contribution in [3.8, 4) is 0 Å². The highest BCUT2D eigenvalue weighted by Gasteiger charge is 2.62. The zero-order valence-corrected chi connectivity index (χ0v) is 12.4. The molecule has 0 aromatic rings. The Morgan fingerprint density at radius 2 is 2.05 bits per heavy atom. The van der Waals surface area contributed by atoms with E-state index in [9.17, 15) is 4.79 Å². The molecule has 6 atom stereocenters. The van der Waals surface area contributed by atoms with Crippen LogP contribution in [-0.2, 0) is 9.53 Å². The quantitative estimate of drug-likeness (QED) is 0.447. The third-order valence-corrected chi connectivity index (χ3v) is 6.00. The van der Waals surface area contributed by atoms with Crippen molar-refractivity contribution in [2.24, 2.45) is 23.7 Å². The lowest BCUT2D eigenvalue weighted by Crippen LogP contribution is -2.33. The molecule has 0 aliphatic heterocycles. The van der Waals surface area contributed by atoms with Crippen molar-refractivity contribution in [1.29, 1.82) is 0 Å². The summed E-state index contributed by atoms with van der Waals surface area (Å²) in [7, 11) is 0. The van der Waals surface area contributed by atoms with E-state index in [0.717, 1.165) is 25.7 Å². The van der Waals surface area contributed by atoms with E-state index >= 15 is 0 Å². The minimum atomic E-state index is -0.292. The molecule has 3 aliphatic carbocycles. The van der Waals surface area contributed by atoms with Gasteiger partial charge in [-0.3, -0.25) is 0 Å². The zero-order valence-electron chi connectivity index (χ0n) is 12.4. The summed E-state index contributed by atoms with van der Waals surface area (Å²) in [5, 5.41) is 0. The Morgan fingerprint density at radius 1 is 1.35 bits per heavy atom. The largest absolute Gasteiger partial charge is 0.456 e. The Bertz CT molecular complexity index is 492. The molecule has 3 saturated carbocycles. The van der Waals surface area contributed by atoms with Crippen LogP contribution in [0.15, 0.2) is 12.2 Å². The molecule has 0 saturated heterocycles. The van der Waals surface area contributed by atoms with Crippen molar-refractivity contribution in [2.75, 3.05) is 0 Å². The highest BCUT2D eigenvalue weighted by molar-refractivity contribution is 5.87. The SMILES string of the molecule is [C-]#[N+]C1CC2CC1C1CC(CC)(OC(=O)C(=C)C)CC21. The van der Waals surface area contributed by atoms with Crippen LogP contribution < -0.4 is 0 Å². The van der Waals surface area contributed by atoms with Gasteiger partial charge in [0.05, 0.1) is 0 Å². The highest BCUT2D eigenvalue weighted by atomic mass is 16.6. The first-order valence-corrected chi connectivity index (χ1v) is 7.75. The molecule has 3 aliphatic rings. The topological polar surface area (TPSA) is 30.7 Å². The van der Waals surface area contributed by atoms with Gasteiger partial charge < -0.3 is 9.58 Å². The number of fused-ring (bicyclic) bond motifs is 5. The summed E-state index contributed by atoms with van der Waals surface area (Å²) in [6.45, 7) is 14.9. The molecule has 20 heavy (non-hydrogen) atoms. The van der Waals surface area contributed by atoms with Crippen LogP contribution in [0.5, 0.6) is 0 Å². The van der Waals surface area contributed by atoms with Crippen molar-refractivity contribution in [3.63, 3.8) is 0 Å². The molecular weight excluding hydrogens is 250 g/mol. The van der Waals surface area contributed by atoms with Crippen molar-refractivity contribution in [3.05, 3.63) is 23.6 Å². The van der Waals surface area contributed by atoms with Gasteiger partial charge >= 0.3 is 5.97 Å². The maximum absolute atomic E-state index is 11.9. The fourth-order valence-corrected chi connectivity index (χ4v) is 5.00. The van der Waals surface area contributed by atoms with Gasteiger partial charge in [0.2, 0.25) is 6.04 Å². The second-order valence-electron chi connectivity index (χ2n) is 7.03. The van der Waals surface area contributed by atoms with E-state index in [0.29, 0.717) is 29.2 Å². The van der Waals surface area contributed by atoms with Crippen LogP contribution in [-0.4, -0.2) is 17.6 Å². The van der Waals surface area contributed by atoms with Crippen molar-refractivity contribution in [1.82, 2.24) is 0 Å². The van der Waals surface area contributed by atoms with Crippen LogP contribution in [0.2, 0.25) is 0 Å². The van der Waals surface area contributed by atoms with Crippen LogP contribution in [0.25, 0.3) is 4.85 Å². The lowest BCUT2D eigenvalue weighted by Gasteiger charge is -2.29. The van der Waals surface area contributed by atoms with E-state index in [1.807, 2.05) is 0 Å². The Labute approximate surface area is 121 Å². The van der Waals surface area contributed by atoms with Gasteiger partial charge in [-0.25, -0.2) is 11.4 Å². The molecule has 0 heterocycles. The molecule has 0 N–H and O–H groups in total. The molecule has 0 amide bonds. The third kappa shape index (κ3) is 1.89. The van der Waals surface area contributed by atoms with Crippen molar-refractivity contribution < 1.29 is 9.53 Å². The molecular formula is C17H23NO2. The molecule has 2 bridgehead atoms. The molecule has 0 spiro atoms.